The number of hydrogen-bond acceptors (Lipinski definition) is 2. The summed E-state index contributed by atoms with van der Waals surface area (Å²) in [7, 11) is 0. The molecule has 2 aromatic rings. The Balaban J connectivity index is 2.20. The molecular weight excluding hydrogens is 280 g/mol. The van der Waals surface area contributed by atoms with Crippen molar-refractivity contribution in [3.05, 3.63) is 35.0 Å². The first-order valence-corrected chi connectivity index (χ1v) is 6.48. The molecule has 20 heavy (non-hydrogen) atoms. The van der Waals surface area contributed by atoms with Gasteiger partial charge in [0.05, 0.1) is 10.4 Å². The van der Waals surface area contributed by atoms with Crippen LogP contribution in [0.4, 0.5) is 0 Å². The zero-order valence-electron chi connectivity index (χ0n) is 11.2. The van der Waals surface area contributed by atoms with Crippen molar-refractivity contribution >= 4 is 34.4 Å². The van der Waals surface area contributed by atoms with E-state index in [1.54, 1.807) is 13.8 Å². The van der Waals surface area contributed by atoms with Crippen molar-refractivity contribution in [2.45, 2.75) is 13.8 Å². The third-order valence-corrected chi connectivity index (χ3v) is 3.53. The highest BCUT2D eigenvalue weighted by atomic mass is 35.5. The molecule has 0 atom stereocenters. The summed E-state index contributed by atoms with van der Waals surface area (Å²) in [6.45, 7) is 3.11. The van der Waals surface area contributed by atoms with Gasteiger partial charge in [-0.15, -0.1) is 0 Å². The molecule has 0 fully saturated rings. The van der Waals surface area contributed by atoms with Gasteiger partial charge < -0.3 is 15.4 Å². The molecule has 0 radical (unpaired) electrons. The van der Waals surface area contributed by atoms with Crippen LogP contribution >= 0.6 is 11.6 Å². The van der Waals surface area contributed by atoms with E-state index < -0.39 is 17.3 Å². The molecule has 1 amide bonds. The van der Waals surface area contributed by atoms with Crippen LogP contribution in [0.15, 0.2) is 24.3 Å². The summed E-state index contributed by atoms with van der Waals surface area (Å²) in [4.78, 5) is 26.0. The SMILES string of the molecule is CC(C)(CNC(=O)c1[nH]c2ccccc2c1Cl)C(=O)O. The van der Waals surface area contributed by atoms with Crippen molar-refractivity contribution in [2.24, 2.45) is 5.41 Å². The third kappa shape index (κ3) is 2.63. The second kappa shape index (κ2) is 5.17. The molecule has 0 spiro atoms. The van der Waals surface area contributed by atoms with Crippen LogP contribution in [0, 0.1) is 5.41 Å². The average Bonchev–Trinajstić information content (AvgIpc) is 2.74. The number of halogens is 1. The van der Waals surface area contributed by atoms with Gasteiger partial charge >= 0.3 is 5.97 Å². The Morgan fingerprint density at radius 3 is 2.60 bits per heavy atom. The molecule has 106 valence electrons. The molecule has 0 saturated carbocycles. The van der Waals surface area contributed by atoms with Crippen molar-refractivity contribution in [1.29, 1.82) is 0 Å². The van der Waals surface area contributed by atoms with Crippen LogP contribution in [-0.2, 0) is 4.79 Å². The van der Waals surface area contributed by atoms with Crippen LogP contribution in [0.5, 0.6) is 0 Å². The molecule has 0 saturated heterocycles. The van der Waals surface area contributed by atoms with Crippen molar-refractivity contribution in [1.82, 2.24) is 10.3 Å². The van der Waals surface area contributed by atoms with E-state index in [2.05, 4.69) is 10.3 Å². The number of benzene rings is 1. The number of carbonyl (C=O) groups is 2. The predicted octanol–water partition coefficient (Wildman–Crippen LogP) is 2.66. The lowest BCUT2D eigenvalue weighted by molar-refractivity contribution is -0.146. The highest BCUT2D eigenvalue weighted by molar-refractivity contribution is 6.38. The normalized spacial score (nSPS) is 11.6. The molecule has 6 heteroatoms. The zero-order valence-corrected chi connectivity index (χ0v) is 11.9. The van der Waals surface area contributed by atoms with Gasteiger partial charge in [-0.3, -0.25) is 9.59 Å². The van der Waals surface area contributed by atoms with Gasteiger partial charge in [0.25, 0.3) is 5.91 Å². The number of aromatic nitrogens is 1. The Kier molecular flexibility index (Phi) is 3.72. The number of aromatic amines is 1. The number of fused-ring (bicyclic) bond motifs is 1. The lowest BCUT2D eigenvalue weighted by atomic mass is 9.94. The molecule has 3 N–H and O–H groups in total. The Bertz CT molecular complexity index is 676. The Hall–Kier alpha value is -2.01. The number of nitrogens with one attached hydrogen (secondary N) is 2. The number of amides is 1. The molecule has 2 rings (SSSR count). The van der Waals surface area contributed by atoms with Gasteiger partial charge in [0.2, 0.25) is 0 Å². The molecule has 1 aromatic carbocycles. The fourth-order valence-electron chi connectivity index (χ4n) is 1.73. The summed E-state index contributed by atoms with van der Waals surface area (Å²) >= 11 is 6.16. The summed E-state index contributed by atoms with van der Waals surface area (Å²) in [6, 6.07) is 7.30. The number of rotatable bonds is 4. The van der Waals surface area contributed by atoms with Crippen LogP contribution in [0.2, 0.25) is 5.02 Å². The van der Waals surface area contributed by atoms with Crippen LogP contribution in [-0.4, -0.2) is 28.5 Å². The molecular formula is C14H15ClN2O3. The fraction of sp³-hybridized carbons (Fsp3) is 0.286. The van der Waals surface area contributed by atoms with E-state index in [0.29, 0.717) is 5.02 Å². The first kappa shape index (κ1) is 14.4. The molecule has 0 aliphatic carbocycles. The van der Waals surface area contributed by atoms with Gasteiger partial charge in [0.1, 0.15) is 5.69 Å². The van der Waals surface area contributed by atoms with Gasteiger partial charge in [-0.2, -0.15) is 0 Å². The smallest absolute Gasteiger partial charge is 0.310 e. The van der Waals surface area contributed by atoms with E-state index in [0.717, 1.165) is 10.9 Å². The number of carbonyl (C=O) groups excluding carboxylic acids is 1. The zero-order chi connectivity index (χ0) is 14.9. The molecule has 0 aliphatic heterocycles. The monoisotopic (exact) mass is 294 g/mol. The number of carboxylic acid groups (broad SMARTS) is 1. The molecule has 1 heterocycles. The minimum atomic E-state index is -1.03. The summed E-state index contributed by atoms with van der Waals surface area (Å²) in [6.07, 6.45) is 0. The van der Waals surface area contributed by atoms with Gasteiger partial charge in [-0.1, -0.05) is 29.8 Å². The van der Waals surface area contributed by atoms with E-state index >= 15 is 0 Å². The number of carboxylic acids is 1. The first-order chi connectivity index (χ1) is 9.33. The second-order valence-corrected chi connectivity index (χ2v) is 5.61. The van der Waals surface area contributed by atoms with Crippen LogP contribution < -0.4 is 5.32 Å². The number of aliphatic carboxylic acids is 1. The van der Waals surface area contributed by atoms with Crippen LogP contribution in [0.1, 0.15) is 24.3 Å². The van der Waals surface area contributed by atoms with E-state index in [9.17, 15) is 9.59 Å². The number of para-hydroxylation sites is 1. The molecule has 5 nitrogen and oxygen atoms in total. The Morgan fingerprint density at radius 2 is 2.00 bits per heavy atom. The maximum absolute atomic E-state index is 12.1. The Morgan fingerprint density at radius 1 is 1.35 bits per heavy atom. The largest absolute Gasteiger partial charge is 0.481 e. The van der Waals surface area contributed by atoms with Crippen LogP contribution in [0.25, 0.3) is 10.9 Å². The van der Waals surface area contributed by atoms with Gasteiger partial charge in [0, 0.05) is 17.4 Å². The molecule has 0 bridgehead atoms. The third-order valence-electron chi connectivity index (χ3n) is 3.14. The number of hydrogen-bond donors (Lipinski definition) is 3. The minimum Gasteiger partial charge on any atom is -0.481 e. The first-order valence-electron chi connectivity index (χ1n) is 6.11. The van der Waals surface area contributed by atoms with Crippen molar-refractivity contribution in [3.8, 4) is 0 Å². The second-order valence-electron chi connectivity index (χ2n) is 5.23. The molecule has 0 unspecified atom stereocenters. The highest BCUT2D eigenvalue weighted by Gasteiger charge is 2.28. The van der Waals surface area contributed by atoms with Gasteiger partial charge in [-0.25, -0.2) is 0 Å². The molecule has 1 aromatic heterocycles. The van der Waals surface area contributed by atoms with E-state index in [-0.39, 0.29) is 12.2 Å². The average molecular weight is 295 g/mol. The standard InChI is InChI=1S/C14H15ClN2O3/c1-14(2,13(19)20)7-16-12(18)11-10(15)8-5-3-4-6-9(8)17-11/h3-6,17H,7H2,1-2H3,(H,16,18)(H,19,20). The van der Waals surface area contributed by atoms with Crippen molar-refractivity contribution < 1.29 is 14.7 Å². The predicted molar refractivity (Wildman–Crippen MR) is 77.1 cm³/mol. The van der Waals surface area contributed by atoms with E-state index in [4.69, 9.17) is 16.7 Å². The lowest BCUT2D eigenvalue weighted by Gasteiger charge is -2.19. The van der Waals surface area contributed by atoms with Crippen molar-refractivity contribution in [2.75, 3.05) is 6.54 Å². The highest BCUT2D eigenvalue weighted by Crippen LogP contribution is 2.27. The summed E-state index contributed by atoms with van der Waals surface area (Å²) in [5.74, 6) is -1.39. The summed E-state index contributed by atoms with van der Waals surface area (Å²) < 4.78 is 0. The maximum Gasteiger partial charge on any atom is 0.310 e. The quantitative estimate of drug-likeness (QED) is 0.811. The summed E-state index contributed by atoms with van der Waals surface area (Å²) in [5.41, 5.74) is -0.0251. The fourth-order valence-corrected chi connectivity index (χ4v) is 2.03. The van der Waals surface area contributed by atoms with Gasteiger partial charge in [0.15, 0.2) is 0 Å². The topological polar surface area (TPSA) is 82.2 Å². The van der Waals surface area contributed by atoms with E-state index in [1.165, 1.54) is 0 Å². The minimum absolute atomic E-state index is 0.0207. The van der Waals surface area contributed by atoms with Crippen LogP contribution in [0.3, 0.4) is 0 Å². The maximum atomic E-state index is 12.1. The van der Waals surface area contributed by atoms with Gasteiger partial charge in [-0.05, 0) is 19.9 Å². The van der Waals surface area contributed by atoms with Crippen molar-refractivity contribution in [3.63, 3.8) is 0 Å². The lowest BCUT2D eigenvalue weighted by Crippen LogP contribution is -2.39. The number of H-pyrrole nitrogens is 1. The molecule has 0 aliphatic rings. The Labute approximate surface area is 120 Å². The van der Waals surface area contributed by atoms with E-state index in [1.807, 2.05) is 24.3 Å². The summed E-state index contributed by atoms with van der Waals surface area (Å²) in [5, 5.41) is 12.7.